The van der Waals surface area contributed by atoms with Gasteiger partial charge in [0.2, 0.25) is 0 Å². The molecule has 1 aromatic heterocycles. The van der Waals surface area contributed by atoms with Gasteiger partial charge in [0, 0.05) is 12.5 Å². The summed E-state index contributed by atoms with van der Waals surface area (Å²) in [5, 5.41) is 10.5. The summed E-state index contributed by atoms with van der Waals surface area (Å²) in [6.45, 7) is 7.28. The molecule has 1 saturated heterocycles. The number of hydrogen-bond acceptors (Lipinski definition) is 5. The van der Waals surface area contributed by atoms with E-state index in [1.807, 2.05) is 0 Å². The summed E-state index contributed by atoms with van der Waals surface area (Å²) in [5.41, 5.74) is 0. The lowest BCUT2D eigenvalue weighted by Gasteiger charge is -2.22. The number of piperidine rings is 1. The number of aromatic nitrogens is 2. The second-order valence-electron chi connectivity index (χ2n) is 4.69. The van der Waals surface area contributed by atoms with Crippen molar-refractivity contribution in [1.29, 1.82) is 0 Å². The van der Waals surface area contributed by atoms with Gasteiger partial charge in [-0.1, -0.05) is 19.0 Å². The van der Waals surface area contributed by atoms with Gasteiger partial charge in [0.1, 0.15) is 0 Å². The van der Waals surface area contributed by atoms with E-state index in [1.54, 1.807) is 0 Å². The van der Waals surface area contributed by atoms with Crippen LogP contribution in [-0.4, -0.2) is 29.8 Å². The van der Waals surface area contributed by atoms with Gasteiger partial charge in [-0.2, -0.15) is 4.98 Å². The van der Waals surface area contributed by atoms with Gasteiger partial charge in [-0.05, 0) is 31.8 Å². The van der Waals surface area contributed by atoms with Crippen LogP contribution in [-0.2, 0) is 0 Å². The molecule has 0 atom stereocenters. The Labute approximate surface area is 96.0 Å². The van der Waals surface area contributed by atoms with Crippen LogP contribution in [0.3, 0.4) is 0 Å². The average molecular weight is 224 g/mol. The predicted molar refractivity (Wildman–Crippen MR) is 62.5 cm³/mol. The second kappa shape index (κ2) is 5.30. The summed E-state index contributed by atoms with van der Waals surface area (Å²) >= 11 is 0. The zero-order valence-corrected chi connectivity index (χ0v) is 9.99. The third-order valence-electron chi connectivity index (χ3n) is 2.96. The van der Waals surface area contributed by atoms with Gasteiger partial charge in [0.15, 0.2) is 5.82 Å². The predicted octanol–water partition coefficient (Wildman–Crippen LogP) is 1.60. The van der Waals surface area contributed by atoms with Gasteiger partial charge in [0.25, 0.3) is 0 Å². The van der Waals surface area contributed by atoms with Crippen molar-refractivity contribution in [2.24, 2.45) is 5.92 Å². The van der Waals surface area contributed by atoms with E-state index in [1.165, 1.54) is 12.8 Å². The van der Waals surface area contributed by atoms with Gasteiger partial charge in [-0.25, -0.2) is 0 Å². The lowest BCUT2D eigenvalue weighted by atomic mass is 9.98. The number of nitrogens with one attached hydrogen (secondary N) is 2. The summed E-state index contributed by atoms with van der Waals surface area (Å²) in [5.74, 6) is 1.81. The molecular weight excluding hydrogens is 204 g/mol. The van der Waals surface area contributed by atoms with E-state index in [2.05, 4.69) is 34.6 Å². The molecule has 0 spiro atoms. The Bertz CT molecular complexity index is 318. The van der Waals surface area contributed by atoms with E-state index < -0.39 is 0 Å². The maximum atomic E-state index is 5.13. The SMILES string of the molecule is CC(C)c1noc(NCC2CCNCC2)n1. The van der Waals surface area contributed by atoms with Gasteiger partial charge >= 0.3 is 6.01 Å². The molecule has 0 amide bonds. The molecule has 0 aromatic carbocycles. The largest absolute Gasteiger partial charge is 0.337 e. The van der Waals surface area contributed by atoms with Crippen LogP contribution in [0.15, 0.2) is 4.52 Å². The molecule has 90 valence electrons. The van der Waals surface area contributed by atoms with Gasteiger partial charge in [-0.15, -0.1) is 0 Å². The Hall–Kier alpha value is -1.10. The average Bonchev–Trinajstić information content (AvgIpc) is 2.76. The lowest BCUT2D eigenvalue weighted by molar-refractivity contribution is 0.378. The molecule has 2 rings (SSSR count). The summed E-state index contributed by atoms with van der Waals surface area (Å²) in [6, 6.07) is 0.558. The molecule has 1 aliphatic rings. The van der Waals surface area contributed by atoms with Crippen LogP contribution in [0.1, 0.15) is 38.4 Å². The minimum Gasteiger partial charge on any atom is -0.337 e. The van der Waals surface area contributed by atoms with Crippen LogP contribution >= 0.6 is 0 Å². The van der Waals surface area contributed by atoms with Crippen LogP contribution in [0, 0.1) is 5.92 Å². The Morgan fingerprint density at radius 3 is 2.81 bits per heavy atom. The summed E-state index contributed by atoms with van der Waals surface area (Å²) in [7, 11) is 0. The highest BCUT2D eigenvalue weighted by Crippen LogP contribution is 2.15. The van der Waals surface area contributed by atoms with Crippen molar-refractivity contribution in [3.63, 3.8) is 0 Å². The molecule has 5 heteroatoms. The zero-order chi connectivity index (χ0) is 11.4. The Morgan fingerprint density at radius 2 is 2.19 bits per heavy atom. The van der Waals surface area contributed by atoms with Crippen LogP contribution in [0.5, 0.6) is 0 Å². The highest BCUT2D eigenvalue weighted by atomic mass is 16.5. The molecule has 1 fully saturated rings. The standard InChI is InChI=1S/C11H20N4O/c1-8(2)10-14-11(16-15-10)13-7-9-3-5-12-6-4-9/h8-9,12H,3-7H2,1-2H3,(H,13,14,15). The highest BCUT2D eigenvalue weighted by molar-refractivity contribution is 5.19. The summed E-state index contributed by atoms with van der Waals surface area (Å²) in [6.07, 6.45) is 2.44. The van der Waals surface area contributed by atoms with Crippen molar-refractivity contribution in [2.75, 3.05) is 25.0 Å². The normalized spacial score (nSPS) is 17.9. The van der Waals surface area contributed by atoms with Crippen LogP contribution in [0.25, 0.3) is 0 Å². The Morgan fingerprint density at radius 1 is 1.44 bits per heavy atom. The maximum absolute atomic E-state index is 5.13. The first-order valence-electron chi connectivity index (χ1n) is 6.04. The van der Waals surface area contributed by atoms with E-state index in [4.69, 9.17) is 4.52 Å². The second-order valence-corrected chi connectivity index (χ2v) is 4.69. The Kier molecular flexibility index (Phi) is 3.77. The van der Waals surface area contributed by atoms with Gasteiger partial charge in [-0.3, -0.25) is 0 Å². The fourth-order valence-electron chi connectivity index (χ4n) is 1.86. The van der Waals surface area contributed by atoms with E-state index in [0.717, 1.165) is 31.4 Å². The molecule has 1 aromatic rings. The van der Waals surface area contributed by atoms with Crippen LogP contribution in [0.4, 0.5) is 6.01 Å². The molecule has 0 unspecified atom stereocenters. The molecule has 16 heavy (non-hydrogen) atoms. The van der Waals surface area contributed by atoms with Crippen LogP contribution < -0.4 is 10.6 Å². The number of nitrogens with zero attached hydrogens (tertiary/aromatic N) is 2. The molecule has 0 radical (unpaired) electrons. The third kappa shape index (κ3) is 2.95. The molecule has 2 heterocycles. The van der Waals surface area contributed by atoms with E-state index in [-0.39, 0.29) is 0 Å². The Balaban J connectivity index is 1.79. The maximum Gasteiger partial charge on any atom is 0.321 e. The molecule has 0 bridgehead atoms. The van der Waals surface area contributed by atoms with Crippen molar-refractivity contribution >= 4 is 6.01 Å². The van der Waals surface area contributed by atoms with Crippen molar-refractivity contribution in [1.82, 2.24) is 15.5 Å². The monoisotopic (exact) mass is 224 g/mol. The topological polar surface area (TPSA) is 63.0 Å². The van der Waals surface area contributed by atoms with Crippen LogP contribution in [0.2, 0.25) is 0 Å². The van der Waals surface area contributed by atoms with E-state index in [9.17, 15) is 0 Å². The lowest BCUT2D eigenvalue weighted by Crippen LogP contribution is -2.31. The molecule has 5 nitrogen and oxygen atoms in total. The summed E-state index contributed by atoms with van der Waals surface area (Å²) in [4.78, 5) is 4.29. The minimum atomic E-state index is 0.318. The fraction of sp³-hybridized carbons (Fsp3) is 0.818. The first kappa shape index (κ1) is 11.4. The molecule has 1 aliphatic heterocycles. The molecule has 2 N–H and O–H groups in total. The zero-order valence-electron chi connectivity index (χ0n) is 9.99. The van der Waals surface area contributed by atoms with Gasteiger partial charge in [0.05, 0.1) is 0 Å². The van der Waals surface area contributed by atoms with Gasteiger partial charge < -0.3 is 15.2 Å². The number of rotatable bonds is 4. The first-order chi connectivity index (χ1) is 7.75. The fourth-order valence-corrected chi connectivity index (χ4v) is 1.86. The summed E-state index contributed by atoms with van der Waals surface area (Å²) < 4.78 is 5.13. The van der Waals surface area contributed by atoms with Crippen molar-refractivity contribution < 1.29 is 4.52 Å². The first-order valence-corrected chi connectivity index (χ1v) is 6.04. The molecular formula is C11H20N4O. The number of hydrogen-bond donors (Lipinski definition) is 2. The number of anilines is 1. The third-order valence-corrected chi connectivity index (χ3v) is 2.96. The minimum absolute atomic E-state index is 0.318. The van der Waals surface area contributed by atoms with Crippen molar-refractivity contribution in [3.8, 4) is 0 Å². The smallest absolute Gasteiger partial charge is 0.321 e. The van der Waals surface area contributed by atoms with E-state index >= 15 is 0 Å². The molecule has 0 saturated carbocycles. The van der Waals surface area contributed by atoms with E-state index in [0.29, 0.717) is 11.9 Å². The highest BCUT2D eigenvalue weighted by Gasteiger charge is 2.14. The van der Waals surface area contributed by atoms with Crippen molar-refractivity contribution in [3.05, 3.63) is 5.82 Å². The van der Waals surface area contributed by atoms with Crippen molar-refractivity contribution in [2.45, 2.75) is 32.6 Å². The molecule has 0 aliphatic carbocycles. The quantitative estimate of drug-likeness (QED) is 0.813.